The molecule has 0 spiro atoms. The summed E-state index contributed by atoms with van der Waals surface area (Å²) in [6, 6.07) is 3.52. The van der Waals surface area contributed by atoms with Crippen molar-refractivity contribution in [3.63, 3.8) is 0 Å². The molecule has 0 aliphatic carbocycles. The number of nitrogens with zero attached hydrogens (tertiary/aromatic N) is 5. The highest BCUT2D eigenvalue weighted by Crippen LogP contribution is 2.21. The van der Waals surface area contributed by atoms with E-state index in [-0.39, 0.29) is 11.9 Å². The summed E-state index contributed by atoms with van der Waals surface area (Å²) in [7, 11) is 0. The first-order chi connectivity index (χ1) is 13.7. The number of nitrogens with one attached hydrogen (secondary N) is 2. The number of ether oxygens (including phenoxy) is 1. The van der Waals surface area contributed by atoms with E-state index in [2.05, 4.69) is 44.0 Å². The Hall–Kier alpha value is -2.46. The Kier molecular flexibility index (Phi) is 9.43. The second-order valence-electron chi connectivity index (χ2n) is 5.85. The molecular weight excluding hydrogens is 378 g/mol. The SMILES string of the molecule is C=CC(=O)NCCNC(c1ccc(OCC)nc1)c1nnnn1CCCSC. The number of carbonyl (C=O) groups is 1. The maximum Gasteiger partial charge on any atom is 0.243 e. The highest BCUT2D eigenvalue weighted by molar-refractivity contribution is 7.98. The molecule has 0 saturated carbocycles. The average Bonchev–Trinajstić information content (AvgIpc) is 3.17. The number of tetrazole rings is 1. The Balaban J connectivity index is 2.15. The van der Waals surface area contributed by atoms with E-state index in [0.717, 1.165) is 24.3 Å². The fourth-order valence-corrected chi connectivity index (χ4v) is 2.98. The van der Waals surface area contributed by atoms with Crippen molar-refractivity contribution in [2.75, 3.05) is 31.7 Å². The first-order valence-corrected chi connectivity index (χ1v) is 10.6. The van der Waals surface area contributed by atoms with Crippen LogP contribution < -0.4 is 15.4 Å². The first-order valence-electron chi connectivity index (χ1n) is 9.17. The molecule has 2 aromatic heterocycles. The molecule has 9 nitrogen and oxygen atoms in total. The molecule has 0 fully saturated rings. The smallest absolute Gasteiger partial charge is 0.243 e. The lowest BCUT2D eigenvalue weighted by Gasteiger charge is -2.19. The third-order valence-corrected chi connectivity index (χ3v) is 4.58. The van der Waals surface area contributed by atoms with Crippen LogP contribution in [0.3, 0.4) is 0 Å². The Morgan fingerprint density at radius 3 is 2.96 bits per heavy atom. The fourth-order valence-electron chi connectivity index (χ4n) is 2.56. The van der Waals surface area contributed by atoms with Gasteiger partial charge in [0, 0.05) is 31.9 Å². The molecule has 0 bridgehead atoms. The zero-order valence-corrected chi connectivity index (χ0v) is 17.1. The van der Waals surface area contributed by atoms with Gasteiger partial charge in [-0.25, -0.2) is 9.67 Å². The van der Waals surface area contributed by atoms with Crippen molar-refractivity contribution < 1.29 is 9.53 Å². The van der Waals surface area contributed by atoms with Crippen molar-refractivity contribution >= 4 is 17.7 Å². The normalized spacial score (nSPS) is 11.8. The minimum Gasteiger partial charge on any atom is -0.478 e. The van der Waals surface area contributed by atoms with Gasteiger partial charge < -0.3 is 15.4 Å². The Morgan fingerprint density at radius 2 is 2.29 bits per heavy atom. The van der Waals surface area contributed by atoms with Gasteiger partial charge in [-0.05, 0) is 47.4 Å². The van der Waals surface area contributed by atoms with Crippen LogP contribution in [-0.2, 0) is 11.3 Å². The maximum absolute atomic E-state index is 11.3. The number of pyridine rings is 1. The summed E-state index contributed by atoms with van der Waals surface area (Å²) in [5.74, 6) is 2.11. The Labute approximate surface area is 169 Å². The van der Waals surface area contributed by atoms with Crippen LogP contribution in [0.2, 0.25) is 0 Å². The van der Waals surface area contributed by atoms with E-state index in [0.29, 0.717) is 31.4 Å². The molecular formula is C18H27N7O2S. The van der Waals surface area contributed by atoms with Crippen LogP contribution in [0.4, 0.5) is 0 Å². The van der Waals surface area contributed by atoms with Crippen LogP contribution in [0.15, 0.2) is 31.0 Å². The van der Waals surface area contributed by atoms with E-state index >= 15 is 0 Å². The summed E-state index contributed by atoms with van der Waals surface area (Å²) < 4.78 is 7.23. The van der Waals surface area contributed by atoms with Crippen LogP contribution in [0, 0.1) is 0 Å². The molecule has 1 amide bonds. The van der Waals surface area contributed by atoms with E-state index < -0.39 is 0 Å². The molecule has 1 atom stereocenters. The molecule has 10 heteroatoms. The number of carbonyl (C=O) groups excluding carboxylic acids is 1. The number of hydrogen-bond donors (Lipinski definition) is 2. The summed E-state index contributed by atoms with van der Waals surface area (Å²) in [4.78, 5) is 15.7. The molecule has 0 radical (unpaired) electrons. The van der Waals surface area contributed by atoms with Crippen LogP contribution in [-0.4, -0.2) is 62.8 Å². The molecule has 0 aliphatic rings. The summed E-state index contributed by atoms with van der Waals surface area (Å²) in [6.45, 7) is 7.66. The molecule has 2 N–H and O–H groups in total. The van der Waals surface area contributed by atoms with Gasteiger partial charge in [0.1, 0.15) is 0 Å². The predicted octanol–water partition coefficient (Wildman–Crippen LogP) is 1.20. The van der Waals surface area contributed by atoms with Gasteiger partial charge in [-0.15, -0.1) is 5.10 Å². The summed E-state index contributed by atoms with van der Waals surface area (Å²) in [5, 5.41) is 18.4. The van der Waals surface area contributed by atoms with E-state index in [1.807, 2.05) is 23.7 Å². The van der Waals surface area contributed by atoms with Gasteiger partial charge >= 0.3 is 0 Å². The maximum atomic E-state index is 11.3. The van der Waals surface area contributed by atoms with Gasteiger partial charge in [-0.1, -0.05) is 12.6 Å². The van der Waals surface area contributed by atoms with Crippen molar-refractivity contribution in [1.29, 1.82) is 0 Å². The van der Waals surface area contributed by atoms with Crippen molar-refractivity contribution in [2.24, 2.45) is 0 Å². The third-order valence-electron chi connectivity index (χ3n) is 3.88. The van der Waals surface area contributed by atoms with E-state index in [9.17, 15) is 4.79 Å². The third kappa shape index (κ3) is 6.61. The van der Waals surface area contributed by atoms with Crippen molar-refractivity contribution in [3.8, 4) is 5.88 Å². The van der Waals surface area contributed by atoms with E-state index in [4.69, 9.17) is 4.74 Å². The zero-order chi connectivity index (χ0) is 20.2. The Bertz CT molecular complexity index is 736. The minimum absolute atomic E-state index is 0.206. The quantitative estimate of drug-likeness (QED) is 0.378. The van der Waals surface area contributed by atoms with Crippen molar-refractivity contribution in [3.05, 3.63) is 42.4 Å². The monoisotopic (exact) mass is 405 g/mol. The fraction of sp³-hybridized carbons (Fsp3) is 0.500. The summed E-state index contributed by atoms with van der Waals surface area (Å²) >= 11 is 1.79. The molecule has 0 saturated heterocycles. The van der Waals surface area contributed by atoms with Gasteiger partial charge in [0.15, 0.2) is 5.82 Å². The van der Waals surface area contributed by atoms with E-state index in [1.54, 1.807) is 18.0 Å². The van der Waals surface area contributed by atoms with Crippen molar-refractivity contribution in [1.82, 2.24) is 35.8 Å². The minimum atomic E-state index is -0.256. The van der Waals surface area contributed by atoms with Gasteiger partial charge in [0.25, 0.3) is 0 Å². The second kappa shape index (κ2) is 12.1. The van der Waals surface area contributed by atoms with Crippen molar-refractivity contribution in [2.45, 2.75) is 25.9 Å². The van der Waals surface area contributed by atoms with Gasteiger partial charge in [-0.3, -0.25) is 4.79 Å². The number of hydrogen-bond acceptors (Lipinski definition) is 8. The molecule has 2 heterocycles. The molecule has 2 rings (SSSR count). The highest BCUT2D eigenvalue weighted by Gasteiger charge is 2.21. The number of amides is 1. The summed E-state index contributed by atoms with van der Waals surface area (Å²) in [6.07, 6.45) is 6.06. The highest BCUT2D eigenvalue weighted by atomic mass is 32.2. The molecule has 0 aromatic carbocycles. The molecule has 2 aromatic rings. The lowest BCUT2D eigenvalue weighted by molar-refractivity contribution is -0.116. The van der Waals surface area contributed by atoms with Crippen LogP contribution in [0.5, 0.6) is 5.88 Å². The standard InChI is InChI=1S/C18H27N7O2S/c1-4-15(26)19-9-10-20-17(14-7-8-16(21-13-14)27-5-2)18-22-23-24-25(18)11-6-12-28-3/h4,7-8,13,17,20H,1,5-6,9-12H2,2-3H3,(H,19,26). The lowest BCUT2D eigenvalue weighted by Crippen LogP contribution is -2.34. The average molecular weight is 406 g/mol. The second-order valence-corrected chi connectivity index (χ2v) is 6.84. The molecule has 1 unspecified atom stereocenters. The number of thioether (sulfide) groups is 1. The first kappa shape index (κ1) is 21.8. The lowest BCUT2D eigenvalue weighted by atomic mass is 10.1. The molecule has 28 heavy (non-hydrogen) atoms. The summed E-state index contributed by atoms with van der Waals surface area (Å²) in [5.41, 5.74) is 0.916. The van der Waals surface area contributed by atoms with E-state index in [1.165, 1.54) is 6.08 Å². The number of rotatable bonds is 13. The van der Waals surface area contributed by atoms with Crippen LogP contribution in [0.25, 0.3) is 0 Å². The zero-order valence-electron chi connectivity index (χ0n) is 16.3. The topological polar surface area (TPSA) is 107 Å². The van der Waals surface area contributed by atoms with Crippen LogP contribution >= 0.6 is 11.8 Å². The largest absolute Gasteiger partial charge is 0.478 e. The predicted molar refractivity (Wildman–Crippen MR) is 109 cm³/mol. The number of aromatic nitrogens is 5. The van der Waals surface area contributed by atoms with Gasteiger partial charge in [-0.2, -0.15) is 11.8 Å². The van der Waals surface area contributed by atoms with Gasteiger partial charge in [0.05, 0.1) is 12.6 Å². The molecule has 0 aliphatic heterocycles. The van der Waals surface area contributed by atoms with Crippen LogP contribution in [0.1, 0.15) is 30.8 Å². The Morgan fingerprint density at radius 1 is 1.43 bits per heavy atom. The van der Waals surface area contributed by atoms with Gasteiger partial charge in [0.2, 0.25) is 11.8 Å². The number of aryl methyl sites for hydroxylation is 1. The molecule has 152 valence electrons.